The molecule has 0 radical (unpaired) electrons. The highest BCUT2D eigenvalue weighted by molar-refractivity contribution is 5.87. The van der Waals surface area contributed by atoms with E-state index in [1.807, 2.05) is 0 Å². The van der Waals surface area contributed by atoms with E-state index in [1.165, 1.54) is 0 Å². The van der Waals surface area contributed by atoms with Gasteiger partial charge in [0, 0.05) is 6.07 Å². The summed E-state index contributed by atoms with van der Waals surface area (Å²) in [6, 6.07) is 2.93. The number of rotatable bonds is 4. The zero-order chi connectivity index (χ0) is 14.0. The zero-order valence-electron chi connectivity index (χ0n) is 9.81. The van der Waals surface area contributed by atoms with Crippen LogP contribution >= 0.6 is 0 Å². The van der Waals surface area contributed by atoms with E-state index in [9.17, 15) is 13.6 Å². The van der Waals surface area contributed by atoms with Gasteiger partial charge in [-0.3, -0.25) is 0 Å². The van der Waals surface area contributed by atoms with Crippen molar-refractivity contribution in [1.29, 1.82) is 0 Å². The van der Waals surface area contributed by atoms with Gasteiger partial charge < -0.3 is 14.4 Å². The van der Waals surface area contributed by atoms with Crippen LogP contribution in [0.2, 0.25) is 0 Å². The Kier molecular flexibility index (Phi) is 3.46. The summed E-state index contributed by atoms with van der Waals surface area (Å²) in [4.78, 5) is 10.6. The Labute approximate surface area is 106 Å². The third-order valence-electron chi connectivity index (χ3n) is 2.28. The van der Waals surface area contributed by atoms with Gasteiger partial charge in [-0.1, -0.05) is 5.16 Å². The molecule has 1 aromatic carbocycles. The molecule has 5 nitrogen and oxygen atoms in total. The normalized spacial score (nSPS) is 10.5. The van der Waals surface area contributed by atoms with E-state index < -0.39 is 28.9 Å². The minimum atomic E-state index is -1.42. The zero-order valence-corrected chi connectivity index (χ0v) is 9.81. The highest BCUT2D eigenvalue weighted by Crippen LogP contribution is 2.24. The van der Waals surface area contributed by atoms with Crippen LogP contribution < -0.4 is 4.74 Å². The molecule has 1 N–H and O–H groups in total. The quantitative estimate of drug-likeness (QED) is 0.923. The van der Waals surface area contributed by atoms with E-state index in [0.717, 1.165) is 0 Å². The van der Waals surface area contributed by atoms with Gasteiger partial charge in [0.15, 0.2) is 23.1 Å². The fourth-order valence-electron chi connectivity index (χ4n) is 1.45. The largest absolute Gasteiger partial charge is 0.479 e. The van der Waals surface area contributed by atoms with Crippen molar-refractivity contribution >= 4 is 5.97 Å². The predicted octanol–water partition coefficient (Wildman–Crippen LogP) is 2.54. The van der Waals surface area contributed by atoms with Crippen LogP contribution in [0.15, 0.2) is 22.7 Å². The van der Waals surface area contributed by atoms with E-state index in [4.69, 9.17) is 14.4 Å². The van der Waals surface area contributed by atoms with E-state index in [0.29, 0.717) is 23.6 Å². The van der Waals surface area contributed by atoms with Crippen molar-refractivity contribution in [3.05, 3.63) is 46.9 Å². The summed E-state index contributed by atoms with van der Waals surface area (Å²) >= 11 is 0. The lowest BCUT2D eigenvalue weighted by molar-refractivity contribution is 0.0695. The SMILES string of the molecule is Cc1cc(COc2c(F)cc(C(=O)O)cc2F)on1. The number of ether oxygens (including phenoxy) is 1. The molecule has 0 atom stereocenters. The standard InChI is InChI=1S/C12H9F2NO4/c1-6-2-8(19-15-6)5-18-11-9(13)3-7(12(16)17)4-10(11)14/h2-4H,5H2,1H3,(H,16,17). The van der Waals surface area contributed by atoms with E-state index in [1.54, 1.807) is 13.0 Å². The van der Waals surface area contributed by atoms with Crippen molar-refractivity contribution in [1.82, 2.24) is 5.16 Å². The highest BCUT2D eigenvalue weighted by Gasteiger charge is 2.16. The Balaban J connectivity index is 2.18. The third-order valence-corrected chi connectivity index (χ3v) is 2.28. The number of aryl methyl sites for hydroxylation is 1. The van der Waals surface area contributed by atoms with Crippen LogP contribution in [0, 0.1) is 18.6 Å². The minimum absolute atomic E-state index is 0.207. The minimum Gasteiger partial charge on any atom is -0.479 e. The second kappa shape index (κ2) is 5.05. The van der Waals surface area contributed by atoms with Crippen LogP contribution in [0.4, 0.5) is 8.78 Å². The Bertz CT molecular complexity index is 601. The van der Waals surface area contributed by atoms with Crippen LogP contribution in [0.25, 0.3) is 0 Å². The molecule has 0 bridgehead atoms. The first-order valence-corrected chi connectivity index (χ1v) is 5.24. The van der Waals surface area contributed by atoms with Crippen molar-refractivity contribution in [2.24, 2.45) is 0 Å². The van der Waals surface area contributed by atoms with Crippen molar-refractivity contribution in [3.8, 4) is 5.75 Å². The number of halogens is 2. The van der Waals surface area contributed by atoms with Gasteiger partial charge in [0.2, 0.25) is 0 Å². The summed E-state index contributed by atoms with van der Waals surface area (Å²) in [5.41, 5.74) is 0.124. The van der Waals surface area contributed by atoms with Crippen molar-refractivity contribution in [2.45, 2.75) is 13.5 Å². The molecule has 0 aliphatic rings. The molecule has 19 heavy (non-hydrogen) atoms. The summed E-state index contributed by atoms with van der Waals surface area (Å²) in [6.07, 6.45) is 0. The highest BCUT2D eigenvalue weighted by atomic mass is 19.1. The van der Waals surface area contributed by atoms with Crippen LogP contribution in [-0.4, -0.2) is 16.2 Å². The fourth-order valence-corrected chi connectivity index (χ4v) is 1.45. The molecule has 100 valence electrons. The molecule has 0 fully saturated rings. The number of carboxylic acid groups (broad SMARTS) is 1. The second-order valence-electron chi connectivity index (χ2n) is 3.80. The molecular weight excluding hydrogens is 260 g/mol. The molecule has 1 aromatic heterocycles. The van der Waals surface area contributed by atoms with Gasteiger partial charge >= 0.3 is 5.97 Å². The molecule has 2 aromatic rings. The second-order valence-corrected chi connectivity index (χ2v) is 3.80. The number of carboxylic acids is 1. The summed E-state index contributed by atoms with van der Waals surface area (Å²) < 4.78 is 36.7. The van der Waals surface area contributed by atoms with Gasteiger partial charge in [-0.25, -0.2) is 13.6 Å². The third kappa shape index (κ3) is 2.87. The van der Waals surface area contributed by atoms with Crippen molar-refractivity contribution < 1.29 is 27.9 Å². The Morgan fingerprint density at radius 2 is 2.00 bits per heavy atom. The van der Waals surface area contributed by atoms with Crippen LogP contribution in [0.5, 0.6) is 5.75 Å². The molecule has 0 amide bonds. The Hall–Kier alpha value is -2.44. The molecule has 1 heterocycles. The average molecular weight is 269 g/mol. The lowest BCUT2D eigenvalue weighted by Crippen LogP contribution is -2.03. The number of nitrogens with zero attached hydrogens (tertiary/aromatic N) is 1. The van der Waals surface area contributed by atoms with Gasteiger partial charge in [-0.05, 0) is 19.1 Å². The van der Waals surface area contributed by atoms with Gasteiger partial charge in [0.1, 0.15) is 6.61 Å². The molecule has 0 aliphatic heterocycles. The maximum atomic E-state index is 13.5. The summed E-state index contributed by atoms with van der Waals surface area (Å²) in [6.45, 7) is 1.48. The first-order valence-electron chi connectivity index (χ1n) is 5.24. The molecular formula is C12H9F2NO4. The molecule has 0 spiro atoms. The number of hydrogen-bond donors (Lipinski definition) is 1. The van der Waals surface area contributed by atoms with Crippen molar-refractivity contribution in [2.75, 3.05) is 0 Å². The summed E-state index contributed by atoms with van der Waals surface area (Å²) in [5, 5.41) is 12.2. The van der Waals surface area contributed by atoms with Crippen LogP contribution in [-0.2, 0) is 6.61 Å². The lowest BCUT2D eigenvalue weighted by atomic mass is 10.2. The monoisotopic (exact) mass is 269 g/mol. The van der Waals surface area contributed by atoms with Gasteiger partial charge in [-0.15, -0.1) is 0 Å². The molecule has 0 aliphatic carbocycles. The molecule has 7 heteroatoms. The van der Waals surface area contributed by atoms with E-state index >= 15 is 0 Å². The predicted molar refractivity (Wildman–Crippen MR) is 58.9 cm³/mol. The smallest absolute Gasteiger partial charge is 0.335 e. The Morgan fingerprint density at radius 3 is 2.47 bits per heavy atom. The van der Waals surface area contributed by atoms with Crippen LogP contribution in [0.3, 0.4) is 0 Å². The molecule has 0 saturated heterocycles. The maximum Gasteiger partial charge on any atom is 0.335 e. The number of benzene rings is 1. The lowest BCUT2D eigenvalue weighted by Gasteiger charge is -2.07. The molecule has 2 rings (SSSR count). The van der Waals surface area contributed by atoms with E-state index in [-0.39, 0.29) is 6.61 Å². The molecule has 0 unspecified atom stereocenters. The molecule has 0 saturated carbocycles. The van der Waals surface area contributed by atoms with Gasteiger partial charge in [0.05, 0.1) is 11.3 Å². The number of aromatic carboxylic acids is 1. The first-order chi connectivity index (χ1) is 8.97. The fraction of sp³-hybridized carbons (Fsp3) is 0.167. The maximum absolute atomic E-state index is 13.5. The topological polar surface area (TPSA) is 72.6 Å². The average Bonchev–Trinajstić information content (AvgIpc) is 2.73. The van der Waals surface area contributed by atoms with Crippen LogP contribution in [0.1, 0.15) is 21.8 Å². The number of carbonyl (C=O) groups is 1. The summed E-state index contributed by atoms with van der Waals surface area (Å²) in [7, 11) is 0. The first kappa shape index (κ1) is 13.0. The number of aromatic nitrogens is 1. The summed E-state index contributed by atoms with van der Waals surface area (Å²) in [5.74, 6) is -3.95. The van der Waals surface area contributed by atoms with E-state index in [2.05, 4.69) is 5.16 Å². The van der Waals surface area contributed by atoms with Gasteiger partial charge in [-0.2, -0.15) is 0 Å². The number of hydrogen-bond acceptors (Lipinski definition) is 4. The Morgan fingerprint density at radius 1 is 1.37 bits per heavy atom. The van der Waals surface area contributed by atoms with Gasteiger partial charge in [0.25, 0.3) is 0 Å². The van der Waals surface area contributed by atoms with Crippen molar-refractivity contribution in [3.63, 3.8) is 0 Å².